The summed E-state index contributed by atoms with van der Waals surface area (Å²) in [6.07, 6.45) is 5.97. The predicted octanol–water partition coefficient (Wildman–Crippen LogP) is 2.26. The number of nitrogens with zero attached hydrogens (tertiary/aromatic N) is 4. The highest BCUT2D eigenvalue weighted by atomic mass is 16.5. The summed E-state index contributed by atoms with van der Waals surface area (Å²) in [6, 6.07) is 8.00. The van der Waals surface area contributed by atoms with E-state index in [2.05, 4.69) is 5.10 Å². The van der Waals surface area contributed by atoms with Crippen molar-refractivity contribution in [2.24, 2.45) is 5.92 Å². The molecule has 2 aliphatic rings. The van der Waals surface area contributed by atoms with Crippen molar-refractivity contribution in [3.8, 4) is 5.75 Å². The number of methoxy groups -OCH3 is 1. The molecule has 2 heterocycles. The van der Waals surface area contributed by atoms with Crippen LogP contribution in [0.1, 0.15) is 43.5 Å². The van der Waals surface area contributed by atoms with Crippen LogP contribution < -0.4 is 10.4 Å². The van der Waals surface area contributed by atoms with Crippen LogP contribution in [0.2, 0.25) is 0 Å². The molecule has 7 heteroatoms. The highest BCUT2D eigenvalue weighted by molar-refractivity contribution is 5.76. The molecule has 0 spiro atoms. The second-order valence-electron chi connectivity index (χ2n) is 8.31. The molecule has 1 atom stereocenters. The number of hydrogen-bond donors (Lipinski definition) is 0. The zero-order valence-electron chi connectivity index (χ0n) is 17.3. The number of hydrogen-bond acceptors (Lipinski definition) is 4. The fraction of sp³-hybridized carbons (Fsp3) is 0.591. The maximum atomic E-state index is 12.7. The van der Waals surface area contributed by atoms with Crippen LogP contribution >= 0.6 is 0 Å². The Morgan fingerprint density at radius 2 is 2.10 bits per heavy atom. The molecular weight excluding hydrogens is 368 g/mol. The van der Waals surface area contributed by atoms with Crippen LogP contribution in [0.4, 0.5) is 0 Å². The number of rotatable bonds is 7. The average molecular weight is 399 g/mol. The summed E-state index contributed by atoms with van der Waals surface area (Å²) in [5, 5.41) is 4.57. The van der Waals surface area contributed by atoms with Crippen LogP contribution in [0.5, 0.6) is 5.75 Å². The minimum absolute atomic E-state index is 0.0135. The number of carbonyl (C=O) groups excluding carboxylic acids is 1. The molecule has 1 aromatic heterocycles. The van der Waals surface area contributed by atoms with E-state index in [1.54, 1.807) is 11.8 Å². The van der Waals surface area contributed by atoms with Crippen LogP contribution in [0.15, 0.2) is 29.1 Å². The average Bonchev–Trinajstić information content (AvgIpc) is 3.53. The first kappa shape index (κ1) is 19.7. The third kappa shape index (κ3) is 4.54. The number of aromatic nitrogens is 3. The number of amides is 1. The molecule has 1 saturated carbocycles. The topological polar surface area (TPSA) is 69.4 Å². The van der Waals surface area contributed by atoms with Gasteiger partial charge in [-0.15, -0.1) is 0 Å². The molecule has 1 unspecified atom stereocenters. The van der Waals surface area contributed by atoms with Crippen molar-refractivity contribution in [3.05, 3.63) is 46.1 Å². The Kier molecular flexibility index (Phi) is 5.74. The first-order valence-corrected chi connectivity index (χ1v) is 10.6. The lowest BCUT2D eigenvalue weighted by Gasteiger charge is -2.27. The number of carbonyl (C=O) groups is 1. The number of fused-ring (bicyclic) bond motifs is 1. The quantitative estimate of drug-likeness (QED) is 0.717. The van der Waals surface area contributed by atoms with Gasteiger partial charge in [-0.1, -0.05) is 12.1 Å². The van der Waals surface area contributed by atoms with Crippen molar-refractivity contribution in [3.63, 3.8) is 0 Å². The van der Waals surface area contributed by atoms with Gasteiger partial charge in [0.05, 0.1) is 7.11 Å². The molecule has 4 rings (SSSR count). The lowest BCUT2D eigenvalue weighted by atomic mass is 10.1. The molecule has 1 aliphatic carbocycles. The van der Waals surface area contributed by atoms with Crippen LogP contribution in [0, 0.1) is 5.92 Å². The van der Waals surface area contributed by atoms with E-state index < -0.39 is 0 Å². The monoisotopic (exact) mass is 398 g/mol. The van der Waals surface area contributed by atoms with E-state index in [9.17, 15) is 9.59 Å². The lowest BCUT2D eigenvalue weighted by Crippen LogP contribution is -2.38. The maximum absolute atomic E-state index is 12.7. The van der Waals surface area contributed by atoms with E-state index in [1.807, 2.05) is 40.8 Å². The summed E-state index contributed by atoms with van der Waals surface area (Å²) in [7, 11) is 3.54. The SMILES string of the molecule is COc1cccc(CCC(=O)N(C)C2CCc3nn(CC4CC4)c(=O)n3CC2)c1. The fourth-order valence-electron chi connectivity index (χ4n) is 4.12. The van der Waals surface area contributed by atoms with E-state index >= 15 is 0 Å². The van der Waals surface area contributed by atoms with E-state index in [1.165, 1.54) is 12.8 Å². The molecule has 156 valence electrons. The Morgan fingerprint density at radius 1 is 1.28 bits per heavy atom. The molecule has 1 amide bonds. The van der Waals surface area contributed by atoms with Crippen molar-refractivity contribution >= 4 is 5.91 Å². The van der Waals surface area contributed by atoms with Crippen LogP contribution in [-0.4, -0.2) is 45.4 Å². The van der Waals surface area contributed by atoms with Gasteiger partial charge in [0.25, 0.3) is 0 Å². The van der Waals surface area contributed by atoms with Gasteiger partial charge < -0.3 is 9.64 Å². The molecule has 2 aromatic rings. The molecule has 0 bridgehead atoms. The van der Waals surface area contributed by atoms with E-state index in [0.29, 0.717) is 25.3 Å². The Hall–Kier alpha value is -2.57. The largest absolute Gasteiger partial charge is 0.497 e. The molecule has 1 aliphatic heterocycles. The molecule has 7 nitrogen and oxygen atoms in total. The molecule has 0 radical (unpaired) electrons. The van der Waals surface area contributed by atoms with Crippen molar-refractivity contribution in [1.29, 1.82) is 0 Å². The Balaban J connectivity index is 1.33. The fourth-order valence-corrected chi connectivity index (χ4v) is 4.12. The Morgan fingerprint density at radius 3 is 2.86 bits per heavy atom. The first-order chi connectivity index (χ1) is 14.0. The van der Waals surface area contributed by atoms with Crippen LogP contribution in [0.3, 0.4) is 0 Å². The minimum atomic E-state index is 0.0135. The second kappa shape index (κ2) is 8.43. The van der Waals surface area contributed by atoms with Crippen molar-refractivity contribution in [2.75, 3.05) is 14.2 Å². The molecule has 1 fully saturated rings. The molecule has 1 aromatic carbocycles. The van der Waals surface area contributed by atoms with Crippen LogP contribution in [0.25, 0.3) is 0 Å². The molecule has 0 N–H and O–H groups in total. The van der Waals surface area contributed by atoms with E-state index in [0.717, 1.165) is 42.9 Å². The second-order valence-corrected chi connectivity index (χ2v) is 8.31. The van der Waals surface area contributed by atoms with Gasteiger partial charge in [0.1, 0.15) is 11.6 Å². The summed E-state index contributed by atoms with van der Waals surface area (Å²) >= 11 is 0. The highest BCUT2D eigenvalue weighted by Crippen LogP contribution is 2.30. The van der Waals surface area contributed by atoms with Crippen molar-refractivity contribution in [1.82, 2.24) is 19.2 Å². The Labute approximate surface area is 171 Å². The lowest BCUT2D eigenvalue weighted by molar-refractivity contribution is -0.132. The Bertz CT molecular complexity index is 928. The summed E-state index contributed by atoms with van der Waals surface area (Å²) in [5.74, 6) is 2.46. The minimum Gasteiger partial charge on any atom is -0.497 e. The van der Waals surface area contributed by atoms with Crippen molar-refractivity contribution in [2.45, 2.75) is 64.1 Å². The standard InChI is InChI=1S/C22H30N4O3/c1-24(21(27)11-8-16-4-3-5-19(14-16)29-2)18-9-10-20-23-26(15-17-6-7-17)22(28)25(20)13-12-18/h3-5,14,17-18H,6-13,15H2,1-2H3. The normalized spacial score (nSPS) is 18.8. The van der Waals surface area contributed by atoms with Gasteiger partial charge in [-0.3, -0.25) is 9.36 Å². The maximum Gasteiger partial charge on any atom is 0.345 e. The van der Waals surface area contributed by atoms with Gasteiger partial charge in [-0.25, -0.2) is 9.48 Å². The van der Waals surface area contributed by atoms with Gasteiger partial charge in [0.15, 0.2) is 0 Å². The summed E-state index contributed by atoms with van der Waals surface area (Å²) in [5.41, 5.74) is 1.11. The number of aryl methyl sites for hydroxylation is 2. The zero-order chi connectivity index (χ0) is 20.4. The van der Waals surface area contributed by atoms with Gasteiger partial charge in [-0.05, 0) is 55.7 Å². The third-order valence-electron chi connectivity index (χ3n) is 6.22. The smallest absolute Gasteiger partial charge is 0.345 e. The van der Waals surface area contributed by atoms with Crippen LogP contribution in [-0.2, 0) is 30.7 Å². The molecule has 0 saturated heterocycles. The summed E-state index contributed by atoms with van der Waals surface area (Å²) in [6.45, 7) is 1.39. The van der Waals surface area contributed by atoms with Gasteiger partial charge in [-0.2, -0.15) is 5.10 Å². The zero-order valence-corrected chi connectivity index (χ0v) is 17.3. The van der Waals surface area contributed by atoms with E-state index in [4.69, 9.17) is 4.74 Å². The first-order valence-electron chi connectivity index (χ1n) is 10.6. The van der Waals surface area contributed by atoms with Gasteiger partial charge >= 0.3 is 5.69 Å². The summed E-state index contributed by atoms with van der Waals surface area (Å²) < 4.78 is 8.72. The van der Waals surface area contributed by atoms with Gasteiger partial charge in [0.2, 0.25) is 5.91 Å². The highest BCUT2D eigenvalue weighted by Gasteiger charge is 2.28. The number of benzene rings is 1. The number of ether oxygens (including phenoxy) is 1. The van der Waals surface area contributed by atoms with Gasteiger partial charge in [0, 0.05) is 39.0 Å². The predicted molar refractivity (Wildman–Crippen MR) is 110 cm³/mol. The third-order valence-corrected chi connectivity index (χ3v) is 6.22. The summed E-state index contributed by atoms with van der Waals surface area (Å²) in [4.78, 5) is 27.2. The van der Waals surface area contributed by atoms with E-state index in [-0.39, 0.29) is 17.6 Å². The molecule has 29 heavy (non-hydrogen) atoms. The molecular formula is C22H30N4O3. The van der Waals surface area contributed by atoms with Crippen molar-refractivity contribution < 1.29 is 9.53 Å².